The summed E-state index contributed by atoms with van der Waals surface area (Å²) in [5.41, 5.74) is 1.46. The lowest BCUT2D eigenvalue weighted by atomic mass is 9.78. The highest BCUT2D eigenvalue weighted by molar-refractivity contribution is 6.76. The van der Waals surface area contributed by atoms with Gasteiger partial charge in [-0.3, -0.25) is 13.9 Å². The average Bonchev–Trinajstić information content (AvgIpc) is 3.49. The van der Waals surface area contributed by atoms with E-state index in [9.17, 15) is 9.59 Å². The van der Waals surface area contributed by atoms with Crippen LogP contribution in [0.25, 0.3) is 16.9 Å². The van der Waals surface area contributed by atoms with Gasteiger partial charge in [0.05, 0.1) is 5.69 Å². The van der Waals surface area contributed by atoms with Gasteiger partial charge in [-0.2, -0.15) is 0 Å². The van der Waals surface area contributed by atoms with Crippen LogP contribution in [-0.2, 0) is 16.3 Å². The zero-order chi connectivity index (χ0) is 26.6. The third kappa shape index (κ3) is 6.78. The van der Waals surface area contributed by atoms with E-state index < -0.39 is 14.2 Å². The zero-order valence-corrected chi connectivity index (χ0v) is 23.1. The minimum absolute atomic E-state index is 0.00638. The number of carboxylic acid groups (broad SMARTS) is 1. The SMILES string of the molecule is CC(NC(=O)O)C1CCC(C(=O)Nc2ccnc3c2cc(-n2ccnc2)n3COCC[Si](C)(C)C)CC1. The van der Waals surface area contributed by atoms with Gasteiger partial charge in [0.25, 0.3) is 0 Å². The Bertz CT molecular complexity index is 1210. The van der Waals surface area contributed by atoms with Crippen LogP contribution in [0.1, 0.15) is 32.6 Å². The number of ether oxygens (including phenoxy) is 1. The molecular formula is C26H38N6O4Si. The zero-order valence-electron chi connectivity index (χ0n) is 22.1. The minimum Gasteiger partial charge on any atom is -0.465 e. The molecule has 0 aromatic carbocycles. The average molecular weight is 527 g/mol. The van der Waals surface area contributed by atoms with Crippen LogP contribution >= 0.6 is 0 Å². The van der Waals surface area contributed by atoms with Crippen LogP contribution < -0.4 is 10.6 Å². The summed E-state index contributed by atoms with van der Waals surface area (Å²) >= 11 is 0. The van der Waals surface area contributed by atoms with Gasteiger partial charge in [-0.05, 0) is 56.7 Å². The second-order valence-corrected chi connectivity index (χ2v) is 16.8. The Morgan fingerprint density at radius 2 is 1.97 bits per heavy atom. The van der Waals surface area contributed by atoms with E-state index in [1.54, 1.807) is 18.7 Å². The van der Waals surface area contributed by atoms with Crippen LogP contribution in [0, 0.1) is 11.8 Å². The van der Waals surface area contributed by atoms with Crippen LogP contribution in [0.2, 0.25) is 25.7 Å². The van der Waals surface area contributed by atoms with Gasteiger partial charge in [-0.15, -0.1) is 0 Å². The summed E-state index contributed by atoms with van der Waals surface area (Å²) in [6, 6.07) is 4.81. The van der Waals surface area contributed by atoms with Gasteiger partial charge in [-0.1, -0.05) is 19.6 Å². The second kappa shape index (κ2) is 11.5. The summed E-state index contributed by atoms with van der Waals surface area (Å²) in [6.07, 6.45) is 9.18. The van der Waals surface area contributed by atoms with E-state index in [1.807, 2.05) is 34.4 Å². The number of hydrogen-bond acceptors (Lipinski definition) is 5. The third-order valence-electron chi connectivity index (χ3n) is 7.22. The Labute approximate surface area is 218 Å². The third-order valence-corrected chi connectivity index (χ3v) is 8.92. The Hall–Kier alpha value is -3.18. The Balaban J connectivity index is 1.49. The molecule has 1 fully saturated rings. The number of amides is 2. The number of nitrogens with one attached hydrogen (secondary N) is 2. The summed E-state index contributed by atoms with van der Waals surface area (Å²) < 4.78 is 10.00. The molecule has 3 aromatic rings. The van der Waals surface area contributed by atoms with Crippen LogP contribution in [0.4, 0.5) is 10.5 Å². The number of pyridine rings is 1. The van der Waals surface area contributed by atoms with Crippen LogP contribution in [-0.4, -0.2) is 56.9 Å². The van der Waals surface area contributed by atoms with Crippen LogP contribution in [0.5, 0.6) is 0 Å². The van der Waals surface area contributed by atoms with E-state index in [4.69, 9.17) is 9.84 Å². The molecule has 4 rings (SSSR count). The van der Waals surface area contributed by atoms with E-state index >= 15 is 0 Å². The van der Waals surface area contributed by atoms with Crippen LogP contribution in [0.3, 0.4) is 0 Å². The van der Waals surface area contributed by atoms with Gasteiger partial charge >= 0.3 is 6.09 Å². The minimum atomic E-state index is -1.20. The second-order valence-electron chi connectivity index (χ2n) is 11.2. The van der Waals surface area contributed by atoms with Crippen molar-refractivity contribution < 1.29 is 19.4 Å². The summed E-state index contributed by atoms with van der Waals surface area (Å²) in [5.74, 6) is 1.01. The summed E-state index contributed by atoms with van der Waals surface area (Å²) in [4.78, 5) is 33.0. The lowest BCUT2D eigenvalue weighted by Gasteiger charge is -2.31. The van der Waals surface area contributed by atoms with Gasteiger partial charge in [0, 0.05) is 50.6 Å². The van der Waals surface area contributed by atoms with Crippen molar-refractivity contribution in [1.29, 1.82) is 0 Å². The number of aromatic nitrogens is 4. The van der Waals surface area contributed by atoms with Gasteiger partial charge in [0.1, 0.15) is 24.5 Å². The smallest absolute Gasteiger partial charge is 0.404 e. The monoisotopic (exact) mass is 526 g/mol. The Morgan fingerprint density at radius 1 is 1.22 bits per heavy atom. The Morgan fingerprint density at radius 3 is 2.62 bits per heavy atom. The molecule has 1 aliphatic rings. The molecule has 0 spiro atoms. The highest BCUT2D eigenvalue weighted by atomic mass is 28.3. The number of carbonyl (C=O) groups excluding carboxylic acids is 1. The lowest BCUT2D eigenvalue weighted by molar-refractivity contribution is -0.121. The van der Waals surface area contributed by atoms with Crippen molar-refractivity contribution in [1.82, 2.24) is 24.4 Å². The van der Waals surface area contributed by atoms with Crippen molar-refractivity contribution in [2.75, 3.05) is 11.9 Å². The number of rotatable bonds is 10. The fraction of sp³-hybridized carbons (Fsp3) is 0.538. The number of nitrogens with zero attached hydrogens (tertiary/aromatic N) is 4. The van der Waals surface area contributed by atoms with Crippen molar-refractivity contribution in [2.24, 2.45) is 11.8 Å². The fourth-order valence-corrected chi connectivity index (χ4v) is 5.70. The predicted molar refractivity (Wildman–Crippen MR) is 146 cm³/mol. The fourth-order valence-electron chi connectivity index (χ4n) is 4.94. The molecule has 2 amide bonds. The molecule has 0 aliphatic heterocycles. The molecule has 1 aliphatic carbocycles. The predicted octanol–water partition coefficient (Wildman–Crippen LogP) is 4.94. The quantitative estimate of drug-likeness (QED) is 0.254. The molecule has 3 N–H and O–H groups in total. The molecule has 0 bridgehead atoms. The molecule has 3 aromatic heterocycles. The maximum Gasteiger partial charge on any atom is 0.404 e. The number of anilines is 1. The van der Waals surface area contributed by atoms with Crippen molar-refractivity contribution in [3.05, 3.63) is 37.1 Å². The van der Waals surface area contributed by atoms with E-state index in [0.29, 0.717) is 13.3 Å². The summed E-state index contributed by atoms with van der Waals surface area (Å²) in [7, 11) is -1.20. The molecule has 1 atom stereocenters. The van der Waals surface area contributed by atoms with E-state index in [1.165, 1.54) is 0 Å². The van der Waals surface area contributed by atoms with Gasteiger partial charge in [-0.25, -0.2) is 14.8 Å². The topological polar surface area (TPSA) is 123 Å². The molecule has 3 heterocycles. The van der Waals surface area contributed by atoms with Crippen molar-refractivity contribution in [2.45, 2.75) is 71.1 Å². The number of fused-ring (bicyclic) bond motifs is 1. The molecule has 200 valence electrons. The largest absolute Gasteiger partial charge is 0.465 e. The van der Waals surface area contributed by atoms with Gasteiger partial charge in [0.15, 0.2) is 0 Å². The van der Waals surface area contributed by atoms with Crippen molar-refractivity contribution in [3.63, 3.8) is 0 Å². The number of carbonyl (C=O) groups is 2. The molecular weight excluding hydrogens is 488 g/mol. The Kier molecular flexibility index (Phi) is 8.33. The molecule has 1 unspecified atom stereocenters. The summed E-state index contributed by atoms with van der Waals surface area (Å²) in [6.45, 7) is 9.93. The van der Waals surface area contributed by atoms with E-state index in [2.05, 4.69) is 40.2 Å². The first-order valence-electron chi connectivity index (χ1n) is 13.0. The first-order valence-corrected chi connectivity index (χ1v) is 16.7. The van der Waals surface area contributed by atoms with E-state index in [0.717, 1.165) is 54.3 Å². The molecule has 10 nitrogen and oxygen atoms in total. The van der Waals surface area contributed by atoms with Crippen molar-refractivity contribution >= 4 is 36.8 Å². The normalized spacial score (nSPS) is 19.0. The standard InChI is InChI=1S/C26H38N6O4Si/c1-18(29-26(34)35)19-5-7-20(8-6-19)25(33)30-22-9-10-28-24-21(22)15-23(31-12-11-27-16-31)32(24)17-36-13-14-37(2,3)4/h9-12,15-16,18-20,29H,5-8,13-14,17H2,1-4H3,(H,34,35)(H,28,30,33). The van der Waals surface area contributed by atoms with Gasteiger partial charge < -0.3 is 20.5 Å². The number of imidazole rings is 1. The molecule has 1 saturated carbocycles. The van der Waals surface area contributed by atoms with Gasteiger partial charge in [0.2, 0.25) is 5.91 Å². The van der Waals surface area contributed by atoms with Crippen molar-refractivity contribution in [3.8, 4) is 5.82 Å². The first-order chi connectivity index (χ1) is 17.6. The maximum atomic E-state index is 13.2. The number of hydrogen-bond donors (Lipinski definition) is 3. The first kappa shape index (κ1) is 26.9. The summed E-state index contributed by atoms with van der Waals surface area (Å²) in [5, 5.41) is 15.5. The van der Waals surface area contributed by atoms with E-state index in [-0.39, 0.29) is 23.8 Å². The molecule has 0 radical (unpaired) electrons. The highest BCUT2D eigenvalue weighted by Gasteiger charge is 2.30. The highest BCUT2D eigenvalue weighted by Crippen LogP contribution is 2.33. The molecule has 11 heteroatoms. The maximum absolute atomic E-state index is 13.2. The lowest BCUT2D eigenvalue weighted by Crippen LogP contribution is -2.39. The van der Waals surface area contributed by atoms with Crippen LogP contribution in [0.15, 0.2) is 37.1 Å². The molecule has 0 saturated heterocycles. The molecule has 37 heavy (non-hydrogen) atoms.